The molecule has 0 bridgehead atoms. The molecule has 148 valence electrons. The van der Waals surface area contributed by atoms with Crippen LogP contribution in [0.3, 0.4) is 0 Å². The molecule has 0 aliphatic carbocycles. The van der Waals surface area contributed by atoms with Crippen molar-refractivity contribution in [2.24, 2.45) is 0 Å². The Morgan fingerprint density at radius 1 is 1.25 bits per heavy atom. The van der Waals surface area contributed by atoms with Crippen molar-refractivity contribution >= 4 is 5.91 Å². The van der Waals surface area contributed by atoms with Gasteiger partial charge in [0.1, 0.15) is 22.8 Å². The third kappa shape index (κ3) is 4.14. The highest BCUT2D eigenvalue weighted by Gasteiger charge is 2.35. The highest BCUT2D eigenvalue weighted by atomic mass is 16.5. The van der Waals surface area contributed by atoms with E-state index in [1.807, 2.05) is 44.2 Å². The monoisotopic (exact) mass is 381 g/mol. The molecule has 1 heterocycles. The lowest BCUT2D eigenvalue weighted by atomic mass is 9.89. The van der Waals surface area contributed by atoms with Gasteiger partial charge in [0.05, 0.1) is 20.3 Å². The Morgan fingerprint density at radius 2 is 2.04 bits per heavy atom. The molecule has 2 aromatic carbocycles. The maximum atomic E-state index is 13.0. The minimum absolute atomic E-state index is 0.127. The number of fused-ring (bicyclic) bond motifs is 1. The van der Waals surface area contributed by atoms with E-state index in [4.69, 9.17) is 14.2 Å². The number of carbonyl (C=O) groups is 1. The molecule has 1 aliphatic heterocycles. The summed E-state index contributed by atoms with van der Waals surface area (Å²) in [7, 11) is 3.25. The second-order valence-corrected chi connectivity index (χ2v) is 7.52. The number of methoxy groups -OCH3 is 2. The first kappa shape index (κ1) is 19.8. The number of ether oxygens (including phenoxy) is 3. The number of rotatable bonds is 6. The van der Waals surface area contributed by atoms with Gasteiger partial charge in [-0.1, -0.05) is 6.08 Å². The smallest absolute Gasteiger partial charge is 0.251 e. The number of benzene rings is 2. The molecule has 0 fully saturated rings. The number of amides is 1. The van der Waals surface area contributed by atoms with Gasteiger partial charge in [-0.3, -0.25) is 4.79 Å². The van der Waals surface area contributed by atoms with Crippen molar-refractivity contribution in [1.82, 2.24) is 5.32 Å². The zero-order valence-electron chi connectivity index (χ0n) is 16.9. The van der Waals surface area contributed by atoms with Gasteiger partial charge in [-0.25, -0.2) is 0 Å². The van der Waals surface area contributed by atoms with Gasteiger partial charge < -0.3 is 19.5 Å². The molecule has 0 saturated heterocycles. The molecule has 3 rings (SSSR count). The Kier molecular flexibility index (Phi) is 5.63. The van der Waals surface area contributed by atoms with E-state index in [0.717, 1.165) is 28.4 Å². The SMILES string of the molecule is C=CCc1cc(C(=O)N[C@H]2CC(C)(C)Oc3cc(OC)ccc32)ccc1OC. The van der Waals surface area contributed by atoms with Crippen LogP contribution in [0, 0.1) is 0 Å². The van der Waals surface area contributed by atoms with Crippen LogP contribution in [0.2, 0.25) is 0 Å². The van der Waals surface area contributed by atoms with Crippen molar-refractivity contribution in [1.29, 1.82) is 0 Å². The summed E-state index contributed by atoms with van der Waals surface area (Å²) < 4.78 is 16.8. The molecular weight excluding hydrogens is 354 g/mol. The zero-order chi connectivity index (χ0) is 20.3. The van der Waals surface area contributed by atoms with Crippen molar-refractivity contribution in [2.75, 3.05) is 14.2 Å². The zero-order valence-corrected chi connectivity index (χ0v) is 16.9. The van der Waals surface area contributed by atoms with Gasteiger partial charge in [-0.15, -0.1) is 6.58 Å². The summed E-state index contributed by atoms with van der Waals surface area (Å²) >= 11 is 0. The summed E-state index contributed by atoms with van der Waals surface area (Å²) in [6, 6.07) is 11.0. The fourth-order valence-electron chi connectivity index (χ4n) is 3.56. The average Bonchev–Trinajstić information content (AvgIpc) is 2.66. The van der Waals surface area contributed by atoms with Crippen LogP contribution >= 0.6 is 0 Å². The van der Waals surface area contributed by atoms with Crippen molar-refractivity contribution < 1.29 is 19.0 Å². The Balaban J connectivity index is 1.88. The van der Waals surface area contributed by atoms with Gasteiger partial charge in [-0.2, -0.15) is 0 Å². The molecule has 1 aliphatic rings. The molecule has 0 unspecified atom stereocenters. The normalized spacial score (nSPS) is 17.1. The van der Waals surface area contributed by atoms with Gasteiger partial charge in [0.15, 0.2) is 0 Å². The van der Waals surface area contributed by atoms with E-state index in [1.54, 1.807) is 26.4 Å². The number of hydrogen-bond donors (Lipinski definition) is 1. The number of carbonyl (C=O) groups excluding carboxylic acids is 1. The van der Waals surface area contributed by atoms with Crippen LogP contribution in [-0.4, -0.2) is 25.7 Å². The summed E-state index contributed by atoms with van der Waals surface area (Å²) in [6.07, 6.45) is 3.11. The van der Waals surface area contributed by atoms with E-state index in [1.165, 1.54) is 0 Å². The van der Waals surface area contributed by atoms with Gasteiger partial charge in [-0.05, 0) is 56.2 Å². The third-order valence-corrected chi connectivity index (χ3v) is 4.89. The minimum atomic E-state index is -0.398. The topological polar surface area (TPSA) is 56.8 Å². The fraction of sp³-hybridized carbons (Fsp3) is 0.348. The summed E-state index contributed by atoms with van der Waals surface area (Å²) in [6.45, 7) is 7.81. The number of hydrogen-bond acceptors (Lipinski definition) is 4. The highest BCUT2D eigenvalue weighted by molar-refractivity contribution is 5.95. The molecule has 2 aromatic rings. The summed E-state index contributed by atoms with van der Waals surface area (Å²) in [4.78, 5) is 13.0. The van der Waals surface area contributed by atoms with Crippen molar-refractivity contribution in [3.05, 3.63) is 65.7 Å². The van der Waals surface area contributed by atoms with E-state index in [0.29, 0.717) is 18.4 Å². The number of nitrogens with one attached hydrogen (secondary N) is 1. The lowest BCUT2D eigenvalue weighted by molar-refractivity contribution is 0.0617. The second kappa shape index (κ2) is 7.97. The standard InChI is InChI=1S/C23H27NO4/c1-6-7-15-12-16(8-11-20(15)27-5)22(25)24-19-14-23(2,3)28-21-13-17(26-4)9-10-18(19)21/h6,8-13,19H,1,7,14H2,2-5H3,(H,24,25)/t19-/m0/s1. The van der Waals surface area contributed by atoms with Crippen molar-refractivity contribution in [3.8, 4) is 17.2 Å². The largest absolute Gasteiger partial charge is 0.497 e. The van der Waals surface area contributed by atoms with E-state index in [2.05, 4.69) is 11.9 Å². The first-order chi connectivity index (χ1) is 13.4. The number of allylic oxidation sites excluding steroid dienone is 1. The molecule has 0 radical (unpaired) electrons. The summed E-state index contributed by atoms with van der Waals surface area (Å²) in [5.41, 5.74) is 2.08. The Bertz CT molecular complexity index is 888. The van der Waals surface area contributed by atoms with Crippen LogP contribution in [-0.2, 0) is 6.42 Å². The highest BCUT2D eigenvalue weighted by Crippen LogP contribution is 2.41. The predicted molar refractivity (Wildman–Crippen MR) is 109 cm³/mol. The lowest BCUT2D eigenvalue weighted by Gasteiger charge is -2.38. The molecule has 0 spiro atoms. The van der Waals surface area contributed by atoms with Crippen LogP contribution in [0.4, 0.5) is 0 Å². The van der Waals surface area contributed by atoms with E-state index < -0.39 is 5.60 Å². The van der Waals surface area contributed by atoms with Crippen LogP contribution < -0.4 is 19.5 Å². The Morgan fingerprint density at radius 3 is 2.71 bits per heavy atom. The first-order valence-corrected chi connectivity index (χ1v) is 9.32. The quantitative estimate of drug-likeness (QED) is 0.751. The fourth-order valence-corrected chi connectivity index (χ4v) is 3.56. The predicted octanol–water partition coefficient (Wildman–Crippen LogP) is 4.46. The van der Waals surface area contributed by atoms with Crippen molar-refractivity contribution in [2.45, 2.75) is 38.3 Å². The summed E-state index contributed by atoms with van der Waals surface area (Å²) in [5.74, 6) is 2.09. The molecule has 0 aromatic heterocycles. The van der Waals surface area contributed by atoms with Gasteiger partial charge >= 0.3 is 0 Å². The molecule has 28 heavy (non-hydrogen) atoms. The molecule has 0 saturated carbocycles. The molecule has 1 atom stereocenters. The van der Waals surface area contributed by atoms with E-state index in [-0.39, 0.29) is 11.9 Å². The maximum absolute atomic E-state index is 13.0. The molecule has 1 N–H and O–H groups in total. The summed E-state index contributed by atoms with van der Waals surface area (Å²) in [5, 5.41) is 3.16. The van der Waals surface area contributed by atoms with E-state index in [9.17, 15) is 4.79 Å². The lowest BCUT2D eigenvalue weighted by Crippen LogP contribution is -2.41. The second-order valence-electron chi connectivity index (χ2n) is 7.52. The Hall–Kier alpha value is -2.95. The van der Waals surface area contributed by atoms with Gasteiger partial charge in [0.25, 0.3) is 5.91 Å². The molecule has 1 amide bonds. The van der Waals surface area contributed by atoms with Crippen LogP contribution in [0.25, 0.3) is 0 Å². The molecular formula is C23H27NO4. The minimum Gasteiger partial charge on any atom is -0.497 e. The van der Waals surface area contributed by atoms with Crippen LogP contribution in [0.15, 0.2) is 49.1 Å². The molecule has 5 nitrogen and oxygen atoms in total. The maximum Gasteiger partial charge on any atom is 0.251 e. The Labute approximate surface area is 166 Å². The van der Waals surface area contributed by atoms with Crippen molar-refractivity contribution in [3.63, 3.8) is 0 Å². The van der Waals surface area contributed by atoms with E-state index >= 15 is 0 Å². The van der Waals surface area contributed by atoms with Crippen LogP contribution in [0.5, 0.6) is 17.2 Å². The van der Waals surface area contributed by atoms with Gasteiger partial charge in [0.2, 0.25) is 0 Å². The average molecular weight is 381 g/mol. The first-order valence-electron chi connectivity index (χ1n) is 9.32. The van der Waals surface area contributed by atoms with Gasteiger partial charge in [0, 0.05) is 23.6 Å². The van der Waals surface area contributed by atoms with Crippen LogP contribution in [0.1, 0.15) is 47.8 Å². The third-order valence-electron chi connectivity index (χ3n) is 4.89. The molecule has 5 heteroatoms.